The zero-order chi connectivity index (χ0) is 17.0. The van der Waals surface area contributed by atoms with Gasteiger partial charge >= 0.3 is 5.97 Å². The van der Waals surface area contributed by atoms with Crippen molar-refractivity contribution in [2.75, 3.05) is 7.11 Å². The molecule has 118 valence electrons. The van der Waals surface area contributed by atoms with Crippen LogP contribution in [0.3, 0.4) is 0 Å². The van der Waals surface area contributed by atoms with Gasteiger partial charge in [-0.1, -0.05) is 30.3 Å². The minimum absolute atomic E-state index is 0.155. The first kappa shape index (κ1) is 16.3. The number of ketones is 1. The Kier molecular flexibility index (Phi) is 4.80. The van der Waals surface area contributed by atoms with Crippen molar-refractivity contribution in [3.63, 3.8) is 0 Å². The van der Waals surface area contributed by atoms with E-state index in [1.54, 1.807) is 30.3 Å². The summed E-state index contributed by atoms with van der Waals surface area (Å²) in [6.07, 6.45) is -0.155. The average Bonchev–Trinajstić information content (AvgIpc) is 2.53. The van der Waals surface area contributed by atoms with E-state index < -0.39 is 39.3 Å². The molecule has 0 saturated carbocycles. The summed E-state index contributed by atoms with van der Waals surface area (Å²) < 4.78 is 18.0. The SMILES string of the molecule is COC(=O)c1cc(F)cc([N+](=O)[O-])c1C(=O)Cc1ccccc1. The van der Waals surface area contributed by atoms with Crippen LogP contribution in [-0.4, -0.2) is 23.8 Å². The third-order valence-corrected chi connectivity index (χ3v) is 3.17. The number of Topliss-reactive ketones (excluding diaryl/α,β-unsaturated/α-hetero) is 1. The molecular formula is C16H12FNO5. The molecule has 2 aromatic rings. The van der Waals surface area contributed by atoms with Crippen molar-refractivity contribution < 1.29 is 23.6 Å². The number of rotatable bonds is 5. The molecular weight excluding hydrogens is 305 g/mol. The van der Waals surface area contributed by atoms with Gasteiger partial charge in [0, 0.05) is 6.42 Å². The first-order valence-corrected chi connectivity index (χ1v) is 6.57. The second kappa shape index (κ2) is 6.78. The van der Waals surface area contributed by atoms with E-state index in [2.05, 4.69) is 4.74 Å². The molecule has 0 saturated heterocycles. The highest BCUT2D eigenvalue weighted by Gasteiger charge is 2.29. The van der Waals surface area contributed by atoms with Gasteiger partial charge in [0.15, 0.2) is 5.78 Å². The van der Waals surface area contributed by atoms with Crippen molar-refractivity contribution in [3.05, 3.63) is 75.1 Å². The molecule has 6 nitrogen and oxygen atoms in total. The third-order valence-electron chi connectivity index (χ3n) is 3.17. The van der Waals surface area contributed by atoms with Crippen molar-refractivity contribution in [2.45, 2.75) is 6.42 Å². The normalized spacial score (nSPS) is 10.2. The number of carbonyl (C=O) groups excluding carboxylic acids is 2. The molecule has 0 atom stereocenters. The first-order valence-electron chi connectivity index (χ1n) is 6.57. The number of benzene rings is 2. The highest BCUT2D eigenvalue weighted by atomic mass is 19.1. The number of ether oxygens (including phenoxy) is 1. The summed E-state index contributed by atoms with van der Waals surface area (Å²) in [6.45, 7) is 0. The Morgan fingerprint density at radius 1 is 1.22 bits per heavy atom. The molecule has 0 aliphatic heterocycles. The average molecular weight is 317 g/mol. The monoisotopic (exact) mass is 317 g/mol. The topological polar surface area (TPSA) is 86.5 Å². The highest BCUT2D eigenvalue weighted by Crippen LogP contribution is 2.26. The molecule has 0 fully saturated rings. The number of halogens is 1. The van der Waals surface area contributed by atoms with Gasteiger partial charge < -0.3 is 4.74 Å². The van der Waals surface area contributed by atoms with Crippen LogP contribution in [0.5, 0.6) is 0 Å². The van der Waals surface area contributed by atoms with Gasteiger partial charge in [-0.2, -0.15) is 0 Å². The van der Waals surface area contributed by atoms with Gasteiger partial charge in [-0.3, -0.25) is 14.9 Å². The van der Waals surface area contributed by atoms with Crippen LogP contribution in [-0.2, 0) is 11.2 Å². The molecule has 0 heterocycles. The molecule has 0 N–H and O–H groups in total. The summed E-state index contributed by atoms with van der Waals surface area (Å²) in [5.41, 5.74) is -1.05. The molecule has 0 radical (unpaired) electrons. The fourth-order valence-electron chi connectivity index (χ4n) is 2.17. The first-order chi connectivity index (χ1) is 10.9. The minimum Gasteiger partial charge on any atom is -0.465 e. The number of esters is 1. The van der Waals surface area contributed by atoms with Crippen LogP contribution >= 0.6 is 0 Å². The van der Waals surface area contributed by atoms with Gasteiger partial charge in [0.05, 0.1) is 23.7 Å². The Labute approximate surface area is 130 Å². The highest BCUT2D eigenvalue weighted by molar-refractivity contribution is 6.09. The van der Waals surface area contributed by atoms with Crippen LogP contribution in [0.15, 0.2) is 42.5 Å². The van der Waals surface area contributed by atoms with E-state index in [9.17, 15) is 24.1 Å². The van der Waals surface area contributed by atoms with Crippen molar-refractivity contribution in [2.24, 2.45) is 0 Å². The van der Waals surface area contributed by atoms with Gasteiger partial charge in [0.25, 0.3) is 5.69 Å². The quantitative estimate of drug-likeness (QED) is 0.366. The van der Waals surface area contributed by atoms with Crippen LogP contribution in [0.25, 0.3) is 0 Å². The summed E-state index contributed by atoms with van der Waals surface area (Å²) in [7, 11) is 1.05. The Bertz CT molecular complexity index is 774. The number of hydrogen-bond donors (Lipinski definition) is 0. The smallest absolute Gasteiger partial charge is 0.338 e. The molecule has 0 bridgehead atoms. The van der Waals surface area contributed by atoms with Gasteiger partial charge in [-0.25, -0.2) is 9.18 Å². The number of nitro benzene ring substituents is 1. The molecule has 0 aliphatic carbocycles. The lowest BCUT2D eigenvalue weighted by molar-refractivity contribution is -0.385. The number of nitrogens with zero attached hydrogens (tertiary/aromatic N) is 1. The lowest BCUT2D eigenvalue weighted by Crippen LogP contribution is -2.15. The molecule has 2 aromatic carbocycles. The number of hydrogen-bond acceptors (Lipinski definition) is 5. The van der Waals surface area contributed by atoms with E-state index in [1.807, 2.05) is 0 Å². The van der Waals surface area contributed by atoms with Crippen molar-refractivity contribution in [1.29, 1.82) is 0 Å². The zero-order valence-corrected chi connectivity index (χ0v) is 12.1. The summed E-state index contributed by atoms with van der Waals surface area (Å²) in [5.74, 6) is -2.67. The predicted molar refractivity (Wildman–Crippen MR) is 78.9 cm³/mol. The van der Waals surface area contributed by atoms with Crippen molar-refractivity contribution in [1.82, 2.24) is 0 Å². The standard InChI is InChI=1S/C16H12FNO5/c1-23-16(20)12-8-11(17)9-13(18(21)22)15(12)14(19)7-10-5-3-2-4-6-10/h2-6,8-9H,7H2,1H3. The third kappa shape index (κ3) is 3.57. The molecule has 0 aliphatic rings. The Morgan fingerprint density at radius 2 is 1.87 bits per heavy atom. The van der Waals surface area contributed by atoms with Gasteiger partial charge in [-0.05, 0) is 11.6 Å². The molecule has 23 heavy (non-hydrogen) atoms. The number of carbonyl (C=O) groups is 2. The number of nitro groups is 1. The van der Waals surface area contributed by atoms with Gasteiger partial charge in [0.2, 0.25) is 0 Å². The van der Waals surface area contributed by atoms with Crippen molar-refractivity contribution in [3.8, 4) is 0 Å². The fraction of sp³-hybridized carbons (Fsp3) is 0.125. The van der Waals surface area contributed by atoms with E-state index >= 15 is 0 Å². The maximum Gasteiger partial charge on any atom is 0.338 e. The van der Waals surface area contributed by atoms with Crippen LogP contribution in [0.1, 0.15) is 26.3 Å². The molecule has 0 unspecified atom stereocenters. The lowest BCUT2D eigenvalue weighted by Gasteiger charge is -2.08. The molecule has 0 amide bonds. The summed E-state index contributed by atoms with van der Waals surface area (Å²) in [4.78, 5) is 34.4. The summed E-state index contributed by atoms with van der Waals surface area (Å²) in [6, 6.07) is 9.90. The van der Waals surface area contributed by atoms with E-state index in [0.717, 1.165) is 13.2 Å². The molecule has 7 heteroatoms. The lowest BCUT2D eigenvalue weighted by atomic mass is 9.96. The summed E-state index contributed by atoms with van der Waals surface area (Å²) >= 11 is 0. The van der Waals surface area contributed by atoms with E-state index in [-0.39, 0.29) is 6.42 Å². The minimum atomic E-state index is -1.01. The Hall–Kier alpha value is -3.09. The Balaban J connectivity index is 2.56. The molecule has 2 rings (SSSR count). The van der Waals surface area contributed by atoms with E-state index in [1.165, 1.54) is 0 Å². The van der Waals surface area contributed by atoms with Crippen LogP contribution in [0, 0.1) is 15.9 Å². The van der Waals surface area contributed by atoms with Crippen LogP contribution < -0.4 is 0 Å². The van der Waals surface area contributed by atoms with Gasteiger partial charge in [-0.15, -0.1) is 0 Å². The molecule has 0 spiro atoms. The second-order valence-corrected chi connectivity index (χ2v) is 4.68. The maximum atomic E-state index is 13.5. The molecule has 0 aromatic heterocycles. The maximum absolute atomic E-state index is 13.5. The van der Waals surface area contributed by atoms with Gasteiger partial charge in [0.1, 0.15) is 11.4 Å². The summed E-state index contributed by atoms with van der Waals surface area (Å²) in [5, 5.41) is 11.1. The van der Waals surface area contributed by atoms with Crippen LogP contribution in [0.2, 0.25) is 0 Å². The number of methoxy groups -OCH3 is 1. The zero-order valence-electron chi connectivity index (χ0n) is 12.1. The van der Waals surface area contributed by atoms with E-state index in [0.29, 0.717) is 11.6 Å². The van der Waals surface area contributed by atoms with Crippen LogP contribution in [0.4, 0.5) is 10.1 Å². The second-order valence-electron chi connectivity index (χ2n) is 4.68. The fourth-order valence-corrected chi connectivity index (χ4v) is 2.17. The Morgan fingerprint density at radius 3 is 2.43 bits per heavy atom. The van der Waals surface area contributed by atoms with E-state index in [4.69, 9.17) is 0 Å². The predicted octanol–water partition coefficient (Wildman–Crippen LogP) is 2.95. The largest absolute Gasteiger partial charge is 0.465 e. The van der Waals surface area contributed by atoms with Crippen molar-refractivity contribution >= 4 is 17.4 Å².